The Morgan fingerprint density at radius 2 is 2.00 bits per heavy atom. The molecule has 0 fully saturated rings. The fourth-order valence-corrected chi connectivity index (χ4v) is 3.69. The number of aryl methyl sites for hydroxylation is 1. The van der Waals surface area contributed by atoms with Crippen molar-refractivity contribution in [2.45, 2.75) is 6.92 Å². The van der Waals surface area contributed by atoms with Gasteiger partial charge in [-0.3, -0.25) is 0 Å². The minimum absolute atomic E-state index is 0.416. The highest BCUT2D eigenvalue weighted by Gasteiger charge is 2.17. The van der Waals surface area contributed by atoms with Crippen LogP contribution in [-0.2, 0) is 4.74 Å². The van der Waals surface area contributed by atoms with E-state index in [0.29, 0.717) is 31.4 Å². The molecule has 0 saturated carbocycles. The van der Waals surface area contributed by atoms with Crippen molar-refractivity contribution in [1.29, 1.82) is 0 Å². The van der Waals surface area contributed by atoms with Crippen molar-refractivity contribution < 1.29 is 9.53 Å². The second-order valence-electron chi connectivity index (χ2n) is 3.79. The molecule has 20 heavy (non-hydrogen) atoms. The molecular formula is C12H9BrCl2N2O2S. The van der Waals surface area contributed by atoms with Crippen LogP contribution in [0.5, 0.6) is 0 Å². The van der Waals surface area contributed by atoms with Crippen molar-refractivity contribution in [2.75, 3.05) is 12.4 Å². The lowest BCUT2D eigenvalue weighted by Gasteiger charge is -2.08. The van der Waals surface area contributed by atoms with Crippen molar-refractivity contribution >= 4 is 67.3 Å². The summed E-state index contributed by atoms with van der Waals surface area (Å²) in [5.74, 6) is -0.416. The Morgan fingerprint density at radius 3 is 2.55 bits per heavy atom. The number of thiazole rings is 1. The lowest BCUT2D eigenvalue weighted by molar-refractivity contribution is 0.0605. The first kappa shape index (κ1) is 15.6. The van der Waals surface area contributed by atoms with E-state index >= 15 is 0 Å². The highest BCUT2D eigenvalue weighted by Crippen LogP contribution is 2.37. The number of carbonyl (C=O) groups excluding carboxylic acids is 1. The molecule has 0 bridgehead atoms. The number of anilines is 2. The van der Waals surface area contributed by atoms with Crippen LogP contribution in [0.25, 0.3) is 0 Å². The van der Waals surface area contributed by atoms with Crippen LogP contribution in [0.4, 0.5) is 10.8 Å². The Balaban J connectivity index is 2.34. The number of halogens is 3. The third-order valence-corrected chi connectivity index (χ3v) is 4.51. The highest BCUT2D eigenvalue weighted by molar-refractivity contribution is 9.10. The predicted molar refractivity (Wildman–Crippen MR) is 85.6 cm³/mol. The Kier molecular flexibility index (Phi) is 4.90. The standard InChI is InChI=1S/C12H9BrCl2N2O2S/c1-5-10(11(18)19-2)20-12(16-5)17-9-7(14)3-6(13)4-8(9)15/h3-4H,1-2H3,(H,16,17). The van der Waals surface area contributed by atoms with Crippen LogP contribution in [0.3, 0.4) is 0 Å². The molecule has 0 aliphatic rings. The maximum atomic E-state index is 11.5. The fourth-order valence-electron chi connectivity index (χ4n) is 1.50. The summed E-state index contributed by atoms with van der Waals surface area (Å²) in [6, 6.07) is 3.44. The van der Waals surface area contributed by atoms with Gasteiger partial charge in [-0.15, -0.1) is 0 Å². The maximum Gasteiger partial charge on any atom is 0.350 e. The molecule has 2 rings (SSSR count). The molecule has 0 spiro atoms. The summed E-state index contributed by atoms with van der Waals surface area (Å²) in [5, 5.41) is 4.46. The zero-order valence-electron chi connectivity index (χ0n) is 10.5. The van der Waals surface area contributed by atoms with Crippen LogP contribution in [0.15, 0.2) is 16.6 Å². The van der Waals surface area contributed by atoms with Gasteiger partial charge in [0.25, 0.3) is 0 Å². The number of carbonyl (C=O) groups is 1. The van der Waals surface area contributed by atoms with Gasteiger partial charge in [-0.05, 0) is 19.1 Å². The first-order chi connectivity index (χ1) is 9.42. The number of aromatic nitrogens is 1. The van der Waals surface area contributed by atoms with Crippen LogP contribution < -0.4 is 5.32 Å². The van der Waals surface area contributed by atoms with Gasteiger partial charge in [0.1, 0.15) is 4.88 Å². The van der Waals surface area contributed by atoms with Gasteiger partial charge in [0.05, 0.1) is 28.5 Å². The molecule has 1 N–H and O–H groups in total. The molecule has 1 heterocycles. The molecule has 0 unspecified atom stereocenters. The van der Waals surface area contributed by atoms with E-state index in [4.69, 9.17) is 23.2 Å². The molecular weight excluding hydrogens is 387 g/mol. The SMILES string of the molecule is COC(=O)c1sc(Nc2c(Cl)cc(Br)cc2Cl)nc1C. The molecule has 106 valence electrons. The van der Waals surface area contributed by atoms with E-state index in [-0.39, 0.29) is 0 Å². The number of ether oxygens (including phenoxy) is 1. The summed E-state index contributed by atoms with van der Waals surface area (Å²) in [6.07, 6.45) is 0. The van der Waals surface area contributed by atoms with Gasteiger partial charge in [-0.2, -0.15) is 0 Å². The monoisotopic (exact) mass is 394 g/mol. The summed E-state index contributed by atoms with van der Waals surface area (Å²) in [7, 11) is 1.33. The molecule has 0 saturated heterocycles. The van der Waals surface area contributed by atoms with Crippen LogP contribution in [0.2, 0.25) is 10.0 Å². The topological polar surface area (TPSA) is 51.2 Å². The quantitative estimate of drug-likeness (QED) is 0.738. The van der Waals surface area contributed by atoms with Gasteiger partial charge in [0.15, 0.2) is 5.13 Å². The van der Waals surface area contributed by atoms with Crippen molar-refractivity contribution in [3.8, 4) is 0 Å². The molecule has 1 aromatic carbocycles. The van der Waals surface area contributed by atoms with E-state index in [2.05, 4.69) is 31.0 Å². The zero-order valence-corrected chi connectivity index (χ0v) is 14.4. The summed E-state index contributed by atoms with van der Waals surface area (Å²) in [5.41, 5.74) is 1.13. The fraction of sp³-hybridized carbons (Fsp3) is 0.167. The van der Waals surface area contributed by atoms with Gasteiger partial charge < -0.3 is 10.1 Å². The van der Waals surface area contributed by atoms with Gasteiger partial charge in [0.2, 0.25) is 0 Å². The van der Waals surface area contributed by atoms with Crippen LogP contribution in [0, 0.1) is 6.92 Å². The van der Waals surface area contributed by atoms with E-state index in [1.165, 1.54) is 18.4 Å². The van der Waals surface area contributed by atoms with E-state index in [0.717, 1.165) is 4.47 Å². The normalized spacial score (nSPS) is 10.4. The average Bonchev–Trinajstić information content (AvgIpc) is 2.74. The van der Waals surface area contributed by atoms with Crippen molar-refractivity contribution in [3.63, 3.8) is 0 Å². The maximum absolute atomic E-state index is 11.5. The van der Waals surface area contributed by atoms with Crippen molar-refractivity contribution in [3.05, 3.63) is 37.2 Å². The number of hydrogen-bond donors (Lipinski definition) is 1. The van der Waals surface area contributed by atoms with E-state index in [9.17, 15) is 4.79 Å². The van der Waals surface area contributed by atoms with Gasteiger partial charge in [-0.1, -0.05) is 50.5 Å². The summed E-state index contributed by atoms with van der Waals surface area (Å²) in [4.78, 5) is 16.2. The molecule has 1 aromatic heterocycles. The molecule has 0 radical (unpaired) electrons. The smallest absolute Gasteiger partial charge is 0.350 e. The number of hydrogen-bond acceptors (Lipinski definition) is 5. The minimum atomic E-state index is -0.416. The summed E-state index contributed by atoms with van der Waals surface area (Å²) in [6.45, 7) is 1.73. The van der Waals surface area contributed by atoms with E-state index in [1.54, 1.807) is 19.1 Å². The van der Waals surface area contributed by atoms with Crippen LogP contribution >= 0.6 is 50.5 Å². The van der Waals surface area contributed by atoms with E-state index in [1.807, 2.05) is 0 Å². The summed E-state index contributed by atoms with van der Waals surface area (Å²) < 4.78 is 5.47. The second-order valence-corrected chi connectivity index (χ2v) is 6.52. The number of nitrogens with zero attached hydrogens (tertiary/aromatic N) is 1. The van der Waals surface area contributed by atoms with Gasteiger partial charge in [0, 0.05) is 4.47 Å². The molecule has 4 nitrogen and oxygen atoms in total. The number of esters is 1. The van der Waals surface area contributed by atoms with Crippen LogP contribution in [0.1, 0.15) is 15.4 Å². The number of methoxy groups -OCH3 is 1. The highest BCUT2D eigenvalue weighted by atomic mass is 79.9. The Labute approximate surface area is 138 Å². The van der Waals surface area contributed by atoms with Crippen LogP contribution in [-0.4, -0.2) is 18.1 Å². The molecule has 0 amide bonds. The van der Waals surface area contributed by atoms with Crippen molar-refractivity contribution in [2.24, 2.45) is 0 Å². The Bertz CT molecular complexity index is 652. The zero-order chi connectivity index (χ0) is 14.9. The van der Waals surface area contributed by atoms with Gasteiger partial charge >= 0.3 is 5.97 Å². The Hall–Kier alpha value is -0.820. The molecule has 0 aliphatic carbocycles. The average molecular weight is 396 g/mol. The molecule has 0 atom stereocenters. The number of rotatable bonds is 3. The van der Waals surface area contributed by atoms with Gasteiger partial charge in [-0.25, -0.2) is 9.78 Å². The third-order valence-electron chi connectivity index (χ3n) is 2.41. The predicted octanol–water partition coefficient (Wildman–Crippen LogP) is 5.05. The molecule has 0 aliphatic heterocycles. The van der Waals surface area contributed by atoms with E-state index < -0.39 is 5.97 Å². The lowest BCUT2D eigenvalue weighted by atomic mass is 10.3. The lowest BCUT2D eigenvalue weighted by Crippen LogP contribution is -1.99. The summed E-state index contributed by atoms with van der Waals surface area (Å²) >= 11 is 16.7. The Morgan fingerprint density at radius 1 is 1.40 bits per heavy atom. The first-order valence-corrected chi connectivity index (χ1v) is 7.76. The second kappa shape index (κ2) is 6.30. The molecule has 2 aromatic rings. The first-order valence-electron chi connectivity index (χ1n) is 5.39. The largest absolute Gasteiger partial charge is 0.465 e. The number of nitrogens with one attached hydrogen (secondary N) is 1. The number of benzene rings is 1. The molecule has 8 heteroatoms. The third kappa shape index (κ3) is 3.25. The minimum Gasteiger partial charge on any atom is -0.465 e. The van der Waals surface area contributed by atoms with Crippen molar-refractivity contribution in [1.82, 2.24) is 4.98 Å².